The summed E-state index contributed by atoms with van der Waals surface area (Å²) in [4.78, 5) is 17.9. The van der Waals surface area contributed by atoms with Crippen molar-refractivity contribution in [1.29, 1.82) is 0 Å². The molecule has 0 spiro atoms. The number of rotatable bonds is 6. The number of halogens is 2. The molecule has 1 aromatic heterocycles. The minimum atomic E-state index is -0.396. The molecule has 0 unspecified atom stereocenters. The number of benzene rings is 3. The van der Waals surface area contributed by atoms with Gasteiger partial charge in [-0.1, -0.05) is 52.3 Å². The van der Waals surface area contributed by atoms with E-state index in [0.717, 1.165) is 10.0 Å². The van der Waals surface area contributed by atoms with Crippen LogP contribution in [-0.4, -0.2) is 16.2 Å². The Bertz CT molecular complexity index is 1210. The van der Waals surface area contributed by atoms with Crippen molar-refractivity contribution in [1.82, 2.24) is 9.55 Å². The summed E-state index contributed by atoms with van der Waals surface area (Å²) in [7, 11) is 0. The van der Waals surface area contributed by atoms with Crippen molar-refractivity contribution in [3.05, 3.63) is 93.4 Å². The van der Waals surface area contributed by atoms with Crippen LogP contribution >= 0.6 is 15.9 Å². The number of para-hydroxylation sites is 2. The highest BCUT2D eigenvalue weighted by atomic mass is 79.9. The second-order valence-corrected chi connectivity index (χ2v) is 7.46. The van der Waals surface area contributed by atoms with E-state index in [1.54, 1.807) is 28.8 Å². The Hall–Kier alpha value is -2.99. The largest absolute Gasteiger partial charge is 0.490 e. The molecule has 0 aliphatic rings. The van der Waals surface area contributed by atoms with Gasteiger partial charge in [-0.2, -0.15) is 0 Å². The predicted molar refractivity (Wildman–Crippen MR) is 116 cm³/mol. The summed E-state index contributed by atoms with van der Waals surface area (Å²) in [6.45, 7) is 0.705. The van der Waals surface area contributed by atoms with Gasteiger partial charge < -0.3 is 4.74 Å². The first-order valence-electron chi connectivity index (χ1n) is 9.26. The number of fused-ring (bicyclic) bond motifs is 1. The maximum absolute atomic E-state index is 13.7. The molecule has 1 heterocycles. The van der Waals surface area contributed by atoms with E-state index in [2.05, 4.69) is 15.9 Å². The molecule has 0 fully saturated rings. The maximum atomic E-state index is 13.7. The summed E-state index contributed by atoms with van der Waals surface area (Å²) < 4.78 is 21.8. The molecule has 0 bridgehead atoms. The van der Waals surface area contributed by atoms with Crippen molar-refractivity contribution in [3.8, 4) is 17.1 Å². The molecule has 6 heteroatoms. The third-order valence-electron chi connectivity index (χ3n) is 4.58. The monoisotopic (exact) mass is 452 g/mol. The van der Waals surface area contributed by atoms with Crippen molar-refractivity contribution < 1.29 is 9.13 Å². The molecule has 0 atom stereocenters. The molecule has 3 aromatic carbocycles. The zero-order valence-corrected chi connectivity index (χ0v) is 17.1. The molecular formula is C23H18BrFN2O2. The number of aromatic nitrogens is 2. The lowest BCUT2D eigenvalue weighted by Crippen LogP contribution is -2.24. The fraction of sp³-hybridized carbons (Fsp3) is 0.130. The van der Waals surface area contributed by atoms with Gasteiger partial charge in [0.1, 0.15) is 5.82 Å². The van der Waals surface area contributed by atoms with E-state index in [9.17, 15) is 9.18 Å². The van der Waals surface area contributed by atoms with Crippen LogP contribution in [0.4, 0.5) is 4.39 Å². The zero-order valence-electron chi connectivity index (χ0n) is 15.5. The summed E-state index contributed by atoms with van der Waals surface area (Å²) >= 11 is 3.43. The molecule has 0 radical (unpaired) electrons. The molecule has 4 nitrogen and oxygen atoms in total. The van der Waals surface area contributed by atoms with Gasteiger partial charge in [-0.05, 0) is 42.8 Å². The lowest BCUT2D eigenvalue weighted by molar-refractivity contribution is 0.287. The third kappa shape index (κ3) is 4.22. The van der Waals surface area contributed by atoms with Crippen LogP contribution in [0, 0.1) is 5.82 Å². The molecule has 0 aliphatic carbocycles. The van der Waals surface area contributed by atoms with Gasteiger partial charge in [0, 0.05) is 16.6 Å². The highest BCUT2D eigenvalue weighted by Crippen LogP contribution is 2.22. The molecule has 29 heavy (non-hydrogen) atoms. The Labute approximate surface area is 175 Å². The fourth-order valence-electron chi connectivity index (χ4n) is 3.16. The summed E-state index contributed by atoms with van der Waals surface area (Å²) in [6.07, 6.45) is 0.539. The van der Waals surface area contributed by atoms with E-state index < -0.39 is 5.82 Å². The molecule has 0 aliphatic heterocycles. The third-order valence-corrected chi connectivity index (χ3v) is 5.11. The molecule has 0 N–H and O–H groups in total. The minimum Gasteiger partial charge on any atom is -0.490 e. The Morgan fingerprint density at radius 1 is 0.966 bits per heavy atom. The van der Waals surface area contributed by atoms with Crippen molar-refractivity contribution in [3.63, 3.8) is 0 Å². The average Bonchev–Trinajstić information content (AvgIpc) is 2.74. The van der Waals surface area contributed by atoms with Crippen LogP contribution in [0.2, 0.25) is 0 Å². The normalized spacial score (nSPS) is 11.0. The Morgan fingerprint density at radius 2 is 1.69 bits per heavy atom. The van der Waals surface area contributed by atoms with Crippen LogP contribution in [0.5, 0.6) is 5.75 Å². The van der Waals surface area contributed by atoms with Crippen LogP contribution in [0.3, 0.4) is 0 Å². The molecule has 4 rings (SSSR count). The van der Waals surface area contributed by atoms with Crippen LogP contribution in [0.25, 0.3) is 22.3 Å². The second-order valence-electron chi connectivity index (χ2n) is 6.55. The van der Waals surface area contributed by atoms with Gasteiger partial charge >= 0.3 is 0 Å². The SMILES string of the molecule is O=c1c2ccccc2nc(-c2ccc(Br)cc2)n1CCCOc1ccccc1F. The van der Waals surface area contributed by atoms with Gasteiger partial charge in [-0.3, -0.25) is 9.36 Å². The summed E-state index contributed by atoms with van der Waals surface area (Å²) in [5.74, 6) is 0.421. The van der Waals surface area contributed by atoms with Crippen molar-refractivity contribution in [2.45, 2.75) is 13.0 Å². The quantitative estimate of drug-likeness (QED) is 0.366. The fourth-order valence-corrected chi connectivity index (χ4v) is 3.43. The standard InChI is InChI=1S/C23H18BrFN2O2/c24-17-12-10-16(11-13-17)22-26-20-8-3-1-6-18(20)23(28)27(22)14-5-15-29-21-9-4-2-7-19(21)25/h1-4,6-13H,5,14-15H2. The summed E-state index contributed by atoms with van der Waals surface area (Å²) in [5, 5.41) is 0.573. The van der Waals surface area contributed by atoms with Gasteiger partial charge in [-0.15, -0.1) is 0 Å². The molecule has 0 saturated heterocycles. The Kier molecular flexibility index (Phi) is 5.71. The van der Waals surface area contributed by atoms with Gasteiger partial charge in [0.2, 0.25) is 0 Å². The first-order valence-corrected chi connectivity index (χ1v) is 10.1. The highest BCUT2D eigenvalue weighted by molar-refractivity contribution is 9.10. The number of hydrogen-bond donors (Lipinski definition) is 0. The summed E-state index contributed by atoms with van der Waals surface area (Å²) in [5.41, 5.74) is 1.42. The van der Waals surface area contributed by atoms with Crippen LogP contribution in [0.1, 0.15) is 6.42 Å². The molecular weight excluding hydrogens is 435 g/mol. The van der Waals surface area contributed by atoms with Gasteiger partial charge in [0.05, 0.1) is 17.5 Å². The second kappa shape index (κ2) is 8.57. The topological polar surface area (TPSA) is 44.1 Å². The van der Waals surface area contributed by atoms with E-state index in [4.69, 9.17) is 9.72 Å². The first-order chi connectivity index (χ1) is 14.1. The smallest absolute Gasteiger partial charge is 0.261 e. The molecule has 4 aromatic rings. The predicted octanol–water partition coefficient (Wildman–Crippen LogP) is 5.43. The summed E-state index contributed by atoms with van der Waals surface area (Å²) in [6, 6.07) is 21.3. The Morgan fingerprint density at radius 3 is 2.48 bits per heavy atom. The molecule has 146 valence electrons. The van der Waals surface area contributed by atoms with E-state index in [0.29, 0.717) is 36.3 Å². The van der Waals surface area contributed by atoms with Gasteiger partial charge in [0.25, 0.3) is 5.56 Å². The molecule has 0 saturated carbocycles. The number of hydrogen-bond acceptors (Lipinski definition) is 3. The van der Waals surface area contributed by atoms with Crippen LogP contribution < -0.4 is 10.3 Å². The lowest BCUT2D eigenvalue weighted by Gasteiger charge is -2.14. The van der Waals surface area contributed by atoms with Gasteiger partial charge in [0.15, 0.2) is 11.6 Å². The maximum Gasteiger partial charge on any atom is 0.261 e. The highest BCUT2D eigenvalue weighted by Gasteiger charge is 2.13. The van der Waals surface area contributed by atoms with E-state index in [1.165, 1.54) is 6.07 Å². The van der Waals surface area contributed by atoms with Crippen molar-refractivity contribution in [2.75, 3.05) is 6.61 Å². The zero-order chi connectivity index (χ0) is 20.2. The van der Waals surface area contributed by atoms with E-state index in [-0.39, 0.29) is 11.3 Å². The van der Waals surface area contributed by atoms with E-state index in [1.807, 2.05) is 42.5 Å². The van der Waals surface area contributed by atoms with E-state index >= 15 is 0 Å². The first kappa shape index (κ1) is 19.3. The lowest BCUT2D eigenvalue weighted by atomic mass is 10.1. The van der Waals surface area contributed by atoms with Crippen molar-refractivity contribution >= 4 is 26.8 Å². The molecule has 0 amide bonds. The Balaban J connectivity index is 1.64. The van der Waals surface area contributed by atoms with Crippen LogP contribution in [0.15, 0.2) is 82.1 Å². The number of nitrogens with zero attached hydrogens (tertiary/aromatic N) is 2. The van der Waals surface area contributed by atoms with Crippen LogP contribution in [-0.2, 0) is 6.54 Å². The minimum absolute atomic E-state index is 0.0978. The van der Waals surface area contributed by atoms with Gasteiger partial charge in [-0.25, -0.2) is 9.37 Å². The number of ether oxygens (including phenoxy) is 1. The average molecular weight is 453 g/mol. The van der Waals surface area contributed by atoms with Crippen molar-refractivity contribution in [2.24, 2.45) is 0 Å².